The molecular weight excluding hydrogens is 294 g/mol. The molecule has 0 fully saturated rings. The zero-order valence-corrected chi connectivity index (χ0v) is 12.8. The number of ketones is 1. The molecule has 0 saturated carbocycles. The van der Waals surface area contributed by atoms with Gasteiger partial charge in [0.15, 0.2) is 0 Å². The summed E-state index contributed by atoms with van der Waals surface area (Å²) in [6.07, 6.45) is 1.66. The molecule has 21 heavy (non-hydrogen) atoms. The predicted molar refractivity (Wildman–Crippen MR) is 79.1 cm³/mol. The van der Waals surface area contributed by atoms with Crippen LogP contribution in [0, 0.1) is 0 Å². The van der Waals surface area contributed by atoms with E-state index in [0.29, 0.717) is 5.06 Å². The van der Waals surface area contributed by atoms with Gasteiger partial charge in [-0.05, 0) is 6.26 Å². The van der Waals surface area contributed by atoms with E-state index in [2.05, 4.69) is 0 Å². The number of thioether (sulfide) groups is 1. The van der Waals surface area contributed by atoms with Gasteiger partial charge in [0, 0.05) is 18.2 Å². The number of carboxylic acids is 1. The van der Waals surface area contributed by atoms with Crippen LogP contribution in [0.2, 0.25) is 0 Å². The molecule has 7 heteroatoms. The molecule has 0 aliphatic heterocycles. The monoisotopic (exact) mass is 311 g/mol. The van der Waals surface area contributed by atoms with Gasteiger partial charge in [-0.1, -0.05) is 30.3 Å². The van der Waals surface area contributed by atoms with Crippen molar-refractivity contribution < 1.29 is 24.3 Å². The van der Waals surface area contributed by atoms with Crippen LogP contribution in [0.25, 0.3) is 0 Å². The highest BCUT2D eigenvalue weighted by Gasteiger charge is 2.53. The number of carbonyl (C=O) groups excluding carboxylic acids is 2. The average Bonchev–Trinajstić information content (AvgIpc) is 2.46. The van der Waals surface area contributed by atoms with Crippen molar-refractivity contribution in [3.05, 3.63) is 35.9 Å². The van der Waals surface area contributed by atoms with E-state index in [0.717, 1.165) is 25.8 Å². The van der Waals surface area contributed by atoms with Gasteiger partial charge in [0.1, 0.15) is 0 Å². The molecule has 0 saturated heterocycles. The average molecular weight is 311 g/mol. The zero-order valence-electron chi connectivity index (χ0n) is 12.0. The van der Waals surface area contributed by atoms with E-state index in [-0.39, 0.29) is 11.3 Å². The van der Waals surface area contributed by atoms with E-state index >= 15 is 0 Å². The van der Waals surface area contributed by atoms with E-state index < -0.39 is 23.2 Å². The minimum Gasteiger partial charge on any atom is -0.479 e. The smallest absolute Gasteiger partial charge is 0.341 e. The third-order valence-electron chi connectivity index (χ3n) is 2.93. The second-order valence-electron chi connectivity index (χ2n) is 4.29. The molecule has 1 aromatic rings. The van der Waals surface area contributed by atoms with Gasteiger partial charge >= 0.3 is 5.97 Å². The molecule has 0 aliphatic carbocycles. The van der Waals surface area contributed by atoms with E-state index in [1.807, 2.05) is 0 Å². The molecule has 1 atom stereocenters. The maximum Gasteiger partial charge on any atom is 0.341 e. The van der Waals surface area contributed by atoms with E-state index in [1.54, 1.807) is 24.5 Å². The van der Waals surface area contributed by atoms with Gasteiger partial charge in [0.25, 0.3) is 0 Å². The lowest BCUT2D eigenvalue weighted by molar-refractivity contribution is -0.203. The first kappa shape index (κ1) is 17.2. The van der Waals surface area contributed by atoms with Crippen LogP contribution < -0.4 is 0 Å². The van der Waals surface area contributed by atoms with Crippen LogP contribution in [0.4, 0.5) is 0 Å². The number of hydroxylamine groups is 2. The Morgan fingerprint density at radius 2 is 1.86 bits per heavy atom. The third-order valence-corrected chi connectivity index (χ3v) is 3.64. The summed E-state index contributed by atoms with van der Waals surface area (Å²) in [5.74, 6) is -2.90. The molecule has 114 valence electrons. The molecule has 0 aliphatic rings. The summed E-state index contributed by atoms with van der Waals surface area (Å²) < 4.78 is 0. The topological polar surface area (TPSA) is 83.9 Å². The molecule has 0 aromatic heterocycles. The largest absolute Gasteiger partial charge is 0.479 e. The molecule has 6 nitrogen and oxygen atoms in total. The van der Waals surface area contributed by atoms with Crippen molar-refractivity contribution in [2.24, 2.45) is 0 Å². The van der Waals surface area contributed by atoms with Crippen LogP contribution >= 0.6 is 11.8 Å². The Kier molecular flexibility index (Phi) is 5.92. The van der Waals surface area contributed by atoms with Crippen LogP contribution in [-0.2, 0) is 14.4 Å². The first-order valence-corrected chi connectivity index (χ1v) is 7.48. The Balaban J connectivity index is 3.46. The number of hydrogen-bond acceptors (Lipinski definition) is 5. The Labute approximate surface area is 127 Å². The number of carboxylic acid groups (broad SMARTS) is 1. The Hall–Kier alpha value is -1.86. The van der Waals surface area contributed by atoms with Crippen LogP contribution in [0.3, 0.4) is 0 Å². The first-order chi connectivity index (χ1) is 9.91. The highest BCUT2D eigenvalue weighted by atomic mass is 32.2. The molecule has 1 amide bonds. The summed E-state index contributed by atoms with van der Waals surface area (Å²) >= 11 is 1.15. The molecular formula is C14H17NO5S. The maximum atomic E-state index is 12.7. The van der Waals surface area contributed by atoms with Crippen LogP contribution in [0.1, 0.15) is 17.3 Å². The number of nitrogens with zero attached hydrogens (tertiary/aromatic N) is 1. The highest BCUT2D eigenvalue weighted by Crippen LogP contribution is 2.26. The molecule has 1 N–H and O–H groups in total. The van der Waals surface area contributed by atoms with Crippen molar-refractivity contribution in [3.63, 3.8) is 0 Å². The lowest BCUT2D eigenvalue weighted by Crippen LogP contribution is -2.63. The van der Waals surface area contributed by atoms with Crippen molar-refractivity contribution in [2.75, 3.05) is 19.1 Å². The summed E-state index contributed by atoms with van der Waals surface area (Å²) in [7, 11) is 1.16. The quantitative estimate of drug-likeness (QED) is 0.466. The summed E-state index contributed by atoms with van der Waals surface area (Å²) in [6, 6.07) is 7.99. The van der Waals surface area contributed by atoms with Crippen molar-refractivity contribution >= 4 is 29.4 Å². The summed E-state index contributed by atoms with van der Waals surface area (Å²) in [5.41, 5.74) is -1.89. The van der Waals surface area contributed by atoms with Crippen molar-refractivity contribution in [3.8, 4) is 0 Å². The van der Waals surface area contributed by atoms with Gasteiger partial charge in [-0.25, -0.2) is 4.79 Å². The number of aliphatic carboxylic acids is 1. The van der Waals surface area contributed by atoms with Gasteiger partial charge in [-0.2, -0.15) is 16.8 Å². The standard InChI is InChI=1S/C14H17NO5S/c1-10(16)15(20-2)14(9-21-3,13(18)19)12(17)11-7-5-4-6-8-11/h4-8H,9H2,1-3H3,(H,18,19)/t14-/m1/s1. The summed E-state index contributed by atoms with van der Waals surface area (Å²) in [4.78, 5) is 41.2. The fourth-order valence-corrected chi connectivity index (χ4v) is 2.84. The lowest BCUT2D eigenvalue weighted by atomic mass is 9.90. The molecule has 0 heterocycles. The second-order valence-corrected chi connectivity index (χ2v) is 5.16. The normalized spacial score (nSPS) is 13.3. The second kappa shape index (κ2) is 7.24. The fraction of sp³-hybridized carbons (Fsp3) is 0.357. The van der Waals surface area contributed by atoms with E-state index in [4.69, 9.17) is 4.84 Å². The van der Waals surface area contributed by atoms with Gasteiger partial charge in [-0.3, -0.25) is 14.4 Å². The lowest BCUT2D eigenvalue weighted by Gasteiger charge is -2.36. The Morgan fingerprint density at radius 1 is 1.29 bits per heavy atom. The maximum absolute atomic E-state index is 12.7. The predicted octanol–water partition coefficient (Wildman–Crippen LogP) is 1.47. The third kappa shape index (κ3) is 3.25. The van der Waals surface area contributed by atoms with Crippen LogP contribution in [-0.4, -0.2) is 52.5 Å². The summed E-state index contributed by atoms with van der Waals surface area (Å²) in [5, 5.41) is 10.3. The molecule has 0 bridgehead atoms. The minimum atomic E-state index is -2.10. The van der Waals surface area contributed by atoms with Crippen molar-refractivity contribution in [2.45, 2.75) is 12.5 Å². The molecule has 0 radical (unpaired) electrons. The SMILES string of the molecule is CON(C(C)=O)[C@@](CSC)(C(=O)O)C(=O)c1ccccc1. The van der Waals surface area contributed by atoms with Crippen molar-refractivity contribution in [1.82, 2.24) is 5.06 Å². The molecule has 1 aromatic carbocycles. The van der Waals surface area contributed by atoms with E-state index in [9.17, 15) is 19.5 Å². The Bertz CT molecular complexity index is 533. The van der Waals surface area contributed by atoms with Gasteiger partial charge in [0.2, 0.25) is 17.2 Å². The number of hydrogen-bond donors (Lipinski definition) is 1. The number of benzene rings is 1. The Morgan fingerprint density at radius 3 is 2.24 bits per heavy atom. The highest BCUT2D eigenvalue weighted by molar-refractivity contribution is 7.98. The van der Waals surface area contributed by atoms with Crippen molar-refractivity contribution in [1.29, 1.82) is 0 Å². The minimum absolute atomic E-state index is 0.122. The van der Waals surface area contributed by atoms with Gasteiger partial charge < -0.3 is 5.11 Å². The molecule has 0 unspecified atom stereocenters. The number of carbonyl (C=O) groups is 3. The molecule has 1 rings (SSSR count). The number of rotatable bonds is 7. The fourth-order valence-electron chi connectivity index (χ4n) is 2.05. The van der Waals surface area contributed by atoms with E-state index in [1.165, 1.54) is 12.1 Å². The van der Waals surface area contributed by atoms with Gasteiger partial charge in [-0.15, -0.1) is 0 Å². The summed E-state index contributed by atoms with van der Waals surface area (Å²) in [6.45, 7) is 1.15. The van der Waals surface area contributed by atoms with Crippen LogP contribution in [0.5, 0.6) is 0 Å². The molecule has 0 spiro atoms. The number of Topliss-reactive ketones (excluding diaryl/α,β-unsaturated/α-hetero) is 1. The zero-order chi connectivity index (χ0) is 16.0. The first-order valence-electron chi connectivity index (χ1n) is 6.09. The number of amides is 1. The van der Waals surface area contributed by atoms with Crippen LogP contribution in [0.15, 0.2) is 30.3 Å². The van der Waals surface area contributed by atoms with Gasteiger partial charge in [0.05, 0.1) is 7.11 Å².